The molecule has 0 aliphatic rings. The highest BCUT2D eigenvalue weighted by molar-refractivity contribution is 8.14. The smallest absolute Gasteiger partial charge is 0.269 e. The van der Waals surface area contributed by atoms with E-state index in [-0.39, 0.29) is 23.0 Å². The molecule has 152 valence electrons. The van der Waals surface area contributed by atoms with Gasteiger partial charge >= 0.3 is 0 Å². The molecule has 0 heterocycles. The zero-order valence-corrected chi connectivity index (χ0v) is 16.4. The Morgan fingerprint density at radius 3 is 2.34 bits per heavy atom. The second kappa shape index (κ2) is 10.2. The van der Waals surface area contributed by atoms with Gasteiger partial charge in [0.2, 0.25) is 17.5 Å². The molecule has 10 nitrogen and oxygen atoms in total. The zero-order valence-electron chi connectivity index (χ0n) is 15.5. The summed E-state index contributed by atoms with van der Waals surface area (Å²) in [5.41, 5.74) is 0.775. The number of hydrazone groups is 1. The van der Waals surface area contributed by atoms with Gasteiger partial charge in [-0.2, -0.15) is 5.10 Å². The maximum atomic E-state index is 12.5. The lowest BCUT2D eigenvalue weighted by Gasteiger charge is -2.22. The van der Waals surface area contributed by atoms with E-state index in [0.717, 1.165) is 4.90 Å². The molecule has 0 spiro atoms. The molecular formula is C18H20N6O4S. The number of nitro benzene ring substituents is 1. The number of nitrogens with zero attached hydrogens (tertiary/aromatic N) is 4. The summed E-state index contributed by atoms with van der Waals surface area (Å²) in [7, 11) is 0. The minimum absolute atomic E-state index is 0.0119. The summed E-state index contributed by atoms with van der Waals surface area (Å²) in [4.78, 5) is 35.0. The first-order valence-corrected chi connectivity index (χ1v) is 9.31. The highest BCUT2D eigenvalue weighted by atomic mass is 32.2. The highest BCUT2D eigenvalue weighted by Crippen LogP contribution is 2.24. The van der Waals surface area contributed by atoms with Crippen LogP contribution in [0.2, 0.25) is 0 Å². The largest absolute Gasteiger partial charge is 0.321 e. The molecule has 0 saturated heterocycles. The Balaban J connectivity index is 2.04. The molecule has 2 aromatic carbocycles. The second-order valence-electron chi connectivity index (χ2n) is 5.89. The molecule has 2 amide bonds. The summed E-state index contributed by atoms with van der Waals surface area (Å²) in [5.74, 6) is 11.0. The van der Waals surface area contributed by atoms with Crippen molar-refractivity contribution < 1.29 is 14.5 Å². The average Bonchev–Trinajstić information content (AvgIpc) is 2.73. The van der Waals surface area contributed by atoms with Gasteiger partial charge in [-0.05, 0) is 24.3 Å². The number of benzene rings is 2. The maximum Gasteiger partial charge on any atom is 0.269 e. The molecule has 29 heavy (non-hydrogen) atoms. The van der Waals surface area contributed by atoms with E-state index in [0.29, 0.717) is 17.3 Å². The molecule has 2 aromatic rings. The molecule has 0 bridgehead atoms. The summed E-state index contributed by atoms with van der Waals surface area (Å²) in [6, 6.07) is 14.2. The van der Waals surface area contributed by atoms with Crippen LogP contribution in [0.3, 0.4) is 0 Å². The number of anilines is 2. The molecular weight excluding hydrogens is 396 g/mol. The molecule has 0 aliphatic heterocycles. The topological polar surface area (TPSA) is 148 Å². The van der Waals surface area contributed by atoms with E-state index in [9.17, 15) is 19.7 Å². The first-order valence-electron chi connectivity index (χ1n) is 8.43. The van der Waals surface area contributed by atoms with Crippen LogP contribution in [0.25, 0.3) is 0 Å². The fraction of sp³-hybridized carbons (Fsp3) is 0.167. The molecule has 0 aliphatic carbocycles. The first-order chi connectivity index (χ1) is 13.9. The van der Waals surface area contributed by atoms with E-state index in [1.807, 2.05) is 18.2 Å². The molecule has 0 saturated carbocycles. The van der Waals surface area contributed by atoms with Gasteiger partial charge in [-0.3, -0.25) is 29.6 Å². The Morgan fingerprint density at radius 2 is 1.83 bits per heavy atom. The minimum atomic E-state index is -0.561. The summed E-state index contributed by atoms with van der Waals surface area (Å²) < 4.78 is 0. The lowest BCUT2D eigenvalue weighted by atomic mass is 10.2. The van der Waals surface area contributed by atoms with Gasteiger partial charge in [0.05, 0.1) is 16.3 Å². The normalized spacial score (nSPS) is 12.1. The predicted molar refractivity (Wildman–Crippen MR) is 113 cm³/mol. The van der Waals surface area contributed by atoms with Gasteiger partial charge in [-0.25, -0.2) is 5.84 Å². The Bertz CT molecular complexity index is 891. The van der Waals surface area contributed by atoms with Gasteiger partial charge in [0.1, 0.15) is 0 Å². The molecule has 0 fully saturated rings. The van der Waals surface area contributed by atoms with Crippen molar-refractivity contribution in [3.8, 4) is 0 Å². The van der Waals surface area contributed by atoms with Crippen LogP contribution in [0, 0.1) is 10.1 Å². The van der Waals surface area contributed by atoms with Gasteiger partial charge in [0.15, 0.2) is 0 Å². The van der Waals surface area contributed by atoms with E-state index in [2.05, 4.69) is 5.10 Å². The number of nitro groups is 1. The molecule has 0 radical (unpaired) electrons. The maximum absolute atomic E-state index is 12.5. The number of para-hydroxylation sites is 1. The molecule has 1 atom stereocenters. The number of amidine groups is 1. The molecule has 11 heteroatoms. The van der Waals surface area contributed by atoms with Crippen molar-refractivity contribution in [1.29, 1.82) is 0 Å². The van der Waals surface area contributed by atoms with Crippen LogP contribution in [0.5, 0.6) is 0 Å². The number of hydrogen-bond acceptors (Lipinski definition) is 8. The number of amides is 2. The summed E-state index contributed by atoms with van der Waals surface area (Å²) in [6.07, 6.45) is 0.361. The van der Waals surface area contributed by atoms with Crippen LogP contribution in [0.15, 0.2) is 59.7 Å². The molecule has 4 N–H and O–H groups in total. The van der Waals surface area contributed by atoms with E-state index >= 15 is 0 Å². The van der Waals surface area contributed by atoms with Gasteiger partial charge in [-0.1, -0.05) is 36.9 Å². The number of rotatable bonds is 7. The van der Waals surface area contributed by atoms with Crippen molar-refractivity contribution in [2.24, 2.45) is 16.8 Å². The number of thioether (sulfide) groups is 1. The SMILES string of the molecule is CC(CC(=O)N(C=O)c1ccc([N+](=O)[O-])cc1)S/C(=N/N)N(N)c1ccccc1. The monoisotopic (exact) mass is 416 g/mol. The number of carbonyl (C=O) groups is 2. The Morgan fingerprint density at radius 1 is 1.21 bits per heavy atom. The zero-order chi connectivity index (χ0) is 21.4. The fourth-order valence-electron chi connectivity index (χ4n) is 2.41. The summed E-state index contributed by atoms with van der Waals surface area (Å²) in [5, 5.41) is 15.7. The van der Waals surface area contributed by atoms with Crippen LogP contribution in [-0.4, -0.2) is 27.7 Å². The number of imide groups is 1. The summed E-state index contributed by atoms with van der Waals surface area (Å²) >= 11 is 1.18. The van der Waals surface area contributed by atoms with Crippen molar-refractivity contribution >= 4 is 46.3 Å². The van der Waals surface area contributed by atoms with Crippen molar-refractivity contribution in [1.82, 2.24) is 0 Å². The van der Waals surface area contributed by atoms with Crippen molar-refractivity contribution in [2.75, 3.05) is 9.91 Å². The van der Waals surface area contributed by atoms with Gasteiger partial charge in [-0.15, -0.1) is 0 Å². The Labute approximate surface area is 171 Å². The highest BCUT2D eigenvalue weighted by Gasteiger charge is 2.22. The molecule has 2 rings (SSSR count). The van der Waals surface area contributed by atoms with Crippen molar-refractivity contribution in [3.63, 3.8) is 0 Å². The van der Waals surface area contributed by atoms with Crippen LogP contribution >= 0.6 is 11.8 Å². The third-order valence-corrected chi connectivity index (χ3v) is 4.91. The lowest BCUT2D eigenvalue weighted by Crippen LogP contribution is -2.38. The fourth-order valence-corrected chi connectivity index (χ4v) is 3.28. The Hall–Kier alpha value is -3.44. The van der Waals surface area contributed by atoms with Gasteiger partial charge < -0.3 is 5.84 Å². The standard InChI is InChI=1S/C18H20N6O4S/c1-13(29-18(21-19)23(20)15-5-3-2-4-6-15)11-17(26)22(12-25)14-7-9-16(10-8-14)24(27)28/h2-10,12-13H,11,19-20H2,1H3/b21-18+. The van der Waals surface area contributed by atoms with E-state index in [4.69, 9.17) is 11.7 Å². The first kappa shape index (κ1) is 21.9. The van der Waals surface area contributed by atoms with Crippen LogP contribution in [0.1, 0.15) is 13.3 Å². The molecule has 1 unspecified atom stereocenters. The number of non-ortho nitro benzene ring substituents is 1. The predicted octanol–water partition coefficient (Wildman–Crippen LogP) is 2.21. The van der Waals surface area contributed by atoms with Gasteiger partial charge in [0.25, 0.3) is 5.69 Å². The third-order valence-electron chi connectivity index (χ3n) is 3.83. The Kier molecular flexibility index (Phi) is 7.69. The molecule has 0 aromatic heterocycles. The van der Waals surface area contributed by atoms with Crippen LogP contribution in [-0.2, 0) is 9.59 Å². The summed E-state index contributed by atoms with van der Waals surface area (Å²) in [6.45, 7) is 1.77. The third kappa shape index (κ3) is 5.77. The number of hydrogen-bond donors (Lipinski definition) is 2. The van der Waals surface area contributed by atoms with E-state index in [1.165, 1.54) is 41.0 Å². The van der Waals surface area contributed by atoms with E-state index < -0.39 is 10.8 Å². The van der Waals surface area contributed by atoms with E-state index in [1.54, 1.807) is 19.1 Å². The number of carbonyl (C=O) groups excluding carboxylic acids is 2. The second-order valence-corrected chi connectivity index (χ2v) is 7.30. The average molecular weight is 416 g/mol. The number of hydrazine groups is 1. The van der Waals surface area contributed by atoms with Crippen molar-refractivity contribution in [3.05, 3.63) is 64.7 Å². The van der Waals surface area contributed by atoms with Gasteiger partial charge in [0, 0.05) is 23.8 Å². The lowest BCUT2D eigenvalue weighted by molar-refractivity contribution is -0.384. The van der Waals surface area contributed by atoms with Crippen molar-refractivity contribution in [2.45, 2.75) is 18.6 Å². The minimum Gasteiger partial charge on any atom is -0.321 e. The van der Waals surface area contributed by atoms with Crippen LogP contribution in [0.4, 0.5) is 17.1 Å². The van der Waals surface area contributed by atoms with Crippen LogP contribution < -0.4 is 21.6 Å². The number of nitrogens with two attached hydrogens (primary N) is 2. The quantitative estimate of drug-likeness (QED) is 0.174.